The van der Waals surface area contributed by atoms with Gasteiger partial charge in [-0.15, -0.1) is 0 Å². The van der Waals surface area contributed by atoms with E-state index in [9.17, 15) is 4.79 Å². The number of nitrogens with one attached hydrogen (secondary N) is 1. The van der Waals surface area contributed by atoms with Gasteiger partial charge >= 0.3 is 0 Å². The Morgan fingerprint density at radius 2 is 2.04 bits per heavy atom. The van der Waals surface area contributed by atoms with Gasteiger partial charge in [0.15, 0.2) is 17.3 Å². The maximum atomic E-state index is 12.1. The topological polar surface area (TPSA) is 47.6 Å². The molecule has 4 nitrogen and oxygen atoms in total. The molecule has 0 aromatic heterocycles. The van der Waals surface area contributed by atoms with Crippen LogP contribution in [0.4, 0.5) is 0 Å². The number of fused-ring (bicyclic) bond motifs is 1. The minimum atomic E-state index is 0.247. The molecule has 23 heavy (non-hydrogen) atoms. The van der Waals surface area contributed by atoms with Crippen molar-refractivity contribution in [1.82, 2.24) is 5.32 Å². The van der Waals surface area contributed by atoms with E-state index in [2.05, 4.69) is 26.1 Å². The first kappa shape index (κ1) is 15.9. The van der Waals surface area contributed by atoms with Gasteiger partial charge in [-0.05, 0) is 41.9 Å². The SMILES string of the molecule is CC(C)(C)[C@H]1CCC(=O)/C(=C/NCc2ccc3c(c2)OCO3)C1. The van der Waals surface area contributed by atoms with E-state index in [4.69, 9.17) is 9.47 Å². The summed E-state index contributed by atoms with van der Waals surface area (Å²) in [7, 11) is 0. The minimum Gasteiger partial charge on any atom is -0.454 e. The third kappa shape index (κ3) is 3.69. The second-order valence-corrected chi connectivity index (χ2v) is 7.47. The number of Topliss-reactive ketones (excluding diaryl/α,β-unsaturated/α-hetero) is 1. The van der Waals surface area contributed by atoms with Gasteiger partial charge in [-0.1, -0.05) is 26.8 Å². The van der Waals surface area contributed by atoms with Gasteiger partial charge in [0.2, 0.25) is 6.79 Å². The van der Waals surface area contributed by atoms with Crippen molar-refractivity contribution < 1.29 is 14.3 Å². The molecule has 0 bridgehead atoms. The molecule has 2 aliphatic rings. The Morgan fingerprint density at radius 3 is 2.83 bits per heavy atom. The van der Waals surface area contributed by atoms with Crippen LogP contribution < -0.4 is 14.8 Å². The van der Waals surface area contributed by atoms with Crippen LogP contribution >= 0.6 is 0 Å². The zero-order valence-corrected chi connectivity index (χ0v) is 14.1. The Morgan fingerprint density at radius 1 is 1.26 bits per heavy atom. The van der Waals surface area contributed by atoms with Crippen LogP contribution in [0.25, 0.3) is 0 Å². The lowest BCUT2D eigenvalue weighted by molar-refractivity contribution is -0.117. The molecule has 0 amide bonds. The van der Waals surface area contributed by atoms with E-state index in [0.29, 0.717) is 25.7 Å². The summed E-state index contributed by atoms with van der Waals surface area (Å²) in [6, 6.07) is 5.92. The molecule has 1 heterocycles. The molecule has 1 aliphatic heterocycles. The van der Waals surface area contributed by atoms with Gasteiger partial charge in [-0.25, -0.2) is 0 Å². The van der Waals surface area contributed by atoms with Gasteiger partial charge < -0.3 is 14.8 Å². The standard InChI is InChI=1S/C19H25NO3/c1-19(2,3)15-5-6-16(21)14(9-15)11-20-10-13-4-7-17-18(8-13)23-12-22-17/h4,7-8,11,15,20H,5-6,9-10,12H2,1-3H3/b14-11+/t15-/m0/s1. The van der Waals surface area contributed by atoms with E-state index < -0.39 is 0 Å². The van der Waals surface area contributed by atoms with Crippen LogP contribution in [0.1, 0.15) is 45.6 Å². The summed E-state index contributed by atoms with van der Waals surface area (Å²) >= 11 is 0. The van der Waals surface area contributed by atoms with Crippen molar-refractivity contribution in [2.75, 3.05) is 6.79 Å². The lowest BCUT2D eigenvalue weighted by Gasteiger charge is -2.34. The molecule has 1 aromatic rings. The number of ether oxygens (including phenoxy) is 2. The van der Waals surface area contributed by atoms with Crippen molar-refractivity contribution in [3.05, 3.63) is 35.5 Å². The number of hydrogen-bond donors (Lipinski definition) is 1. The second kappa shape index (κ2) is 6.26. The van der Waals surface area contributed by atoms with Crippen LogP contribution in [0.2, 0.25) is 0 Å². The second-order valence-electron chi connectivity index (χ2n) is 7.47. The van der Waals surface area contributed by atoms with Gasteiger partial charge in [0, 0.05) is 24.7 Å². The number of carbonyl (C=O) groups excluding carboxylic acids is 1. The predicted octanol–water partition coefficient (Wildman–Crippen LogP) is 3.80. The maximum absolute atomic E-state index is 12.1. The summed E-state index contributed by atoms with van der Waals surface area (Å²) in [5, 5.41) is 3.29. The van der Waals surface area contributed by atoms with Crippen molar-refractivity contribution in [3.63, 3.8) is 0 Å². The van der Waals surface area contributed by atoms with Crippen LogP contribution in [0.15, 0.2) is 30.0 Å². The highest BCUT2D eigenvalue weighted by Gasteiger charge is 2.31. The van der Waals surface area contributed by atoms with E-state index in [1.807, 2.05) is 24.4 Å². The van der Waals surface area contributed by atoms with Crippen molar-refractivity contribution >= 4 is 5.78 Å². The monoisotopic (exact) mass is 315 g/mol. The van der Waals surface area contributed by atoms with Crippen molar-refractivity contribution in [2.24, 2.45) is 11.3 Å². The first-order valence-electron chi connectivity index (χ1n) is 8.27. The molecule has 0 unspecified atom stereocenters. The molecule has 1 aliphatic carbocycles. The number of ketones is 1. The first-order chi connectivity index (χ1) is 10.9. The average Bonchev–Trinajstić information content (AvgIpc) is 2.95. The van der Waals surface area contributed by atoms with Crippen LogP contribution in [0, 0.1) is 11.3 Å². The normalized spacial score (nSPS) is 22.5. The summed E-state index contributed by atoms with van der Waals surface area (Å²) in [6.07, 6.45) is 4.45. The molecule has 124 valence electrons. The molecule has 1 atom stereocenters. The van der Waals surface area contributed by atoms with E-state index in [1.54, 1.807) is 0 Å². The predicted molar refractivity (Wildman–Crippen MR) is 89.3 cm³/mol. The summed E-state index contributed by atoms with van der Waals surface area (Å²) in [6.45, 7) is 7.73. The van der Waals surface area contributed by atoms with Gasteiger partial charge in [-0.2, -0.15) is 0 Å². The summed E-state index contributed by atoms with van der Waals surface area (Å²) < 4.78 is 10.7. The van der Waals surface area contributed by atoms with Crippen LogP contribution in [0.3, 0.4) is 0 Å². The van der Waals surface area contributed by atoms with Gasteiger partial charge in [0.1, 0.15) is 0 Å². The highest BCUT2D eigenvalue weighted by Crippen LogP contribution is 2.38. The highest BCUT2D eigenvalue weighted by molar-refractivity contribution is 5.96. The Kier molecular flexibility index (Phi) is 4.33. The molecule has 1 aromatic carbocycles. The fourth-order valence-electron chi connectivity index (χ4n) is 3.17. The molecule has 1 fully saturated rings. The Labute approximate surface area is 137 Å². The Hall–Kier alpha value is -1.97. The quantitative estimate of drug-likeness (QED) is 0.862. The molecule has 1 saturated carbocycles. The van der Waals surface area contributed by atoms with Crippen molar-refractivity contribution in [2.45, 2.75) is 46.6 Å². The third-order valence-corrected chi connectivity index (χ3v) is 4.79. The molecule has 0 radical (unpaired) electrons. The molecular weight excluding hydrogens is 290 g/mol. The summed E-state index contributed by atoms with van der Waals surface area (Å²) in [5.74, 6) is 2.43. The zero-order chi connectivity index (χ0) is 16.4. The van der Waals surface area contributed by atoms with Gasteiger partial charge in [0.25, 0.3) is 0 Å². The van der Waals surface area contributed by atoms with Crippen molar-refractivity contribution in [1.29, 1.82) is 0 Å². The average molecular weight is 315 g/mol. The molecule has 3 rings (SSSR count). The first-order valence-corrected chi connectivity index (χ1v) is 8.27. The summed E-state index contributed by atoms with van der Waals surface area (Å²) in [5.41, 5.74) is 2.29. The van der Waals surface area contributed by atoms with Crippen molar-refractivity contribution in [3.8, 4) is 11.5 Å². The van der Waals surface area contributed by atoms with E-state index in [-0.39, 0.29) is 11.2 Å². The fraction of sp³-hybridized carbons (Fsp3) is 0.526. The van der Waals surface area contributed by atoms with Gasteiger partial charge in [-0.3, -0.25) is 4.79 Å². The van der Waals surface area contributed by atoms with E-state index in [0.717, 1.165) is 35.5 Å². The van der Waals surface area contributed by atoms with E-state index >= 15 is 0 Å². The van der Waals surface area contributed by atoms with Gasteiger partial charge in [0.05, 0.1) is 0 Å². The maximum Gasteiger partial charge on any atom is 0.231 e. The number of rotatable bonds is 3. The molecule has 0 saturated heterocycles. The number of hydrogen-bond acceptors (Lipinski definition) is 4. The zero-order valence-electron chi connectivity index (χ0n) is 14.1. The lowest BCUT2D eigenvalue weighted by Crippen LogP contribution is -2.28. The van der Waals surface area contributed by atoms with Crippen LogP contribution in [0.5, 0.6) is 11.5 Å². The molecule has 4 heteroatoms. The largest absolute Gasteiger partial charge is 0.454 e. The summed E-state index contributed by atoms with van der Waals surface area (Å²) in [4.78, 5) is 12.1. The Balaban J connectivity index is 1.61. The molecule has 1 N–H and O–H groups in total. The fourth-order valence-corrected chi connectivity index (χ4v) is 3.17. The van der Waals surface area contributed by atoms with Crippen LogP contribution in [-0.2, 0) is 11.3 Å². The third-order valence-electron chi connectivity index (χ3n) is 4.79. The molecule has 0 spiro atoms. The number of allylic oxidation sites excluding steroid dienone is 1. The minimum absolute atomic E-state index is 0.247. The highest BCUT2D eigenvalue weighted by atomic mass is 16.7. The lowest BCUT2D eigenvalue weighted by atomic mass is 9.71. The molecular formula is C19H25NO3. The smallest absolute Gasteiger partial charge is 0.231 e. The number of benzene rings is 1. The van der Waals surface area contributed by atoms with Crippen LogP contribution in [-0.4, -0.2) is 12.6 Å². The van der Waals surface area contributed by atoms with E-state index in [1.165, 1.54) is 0 Å². The Bertz CT molecular complexity index is 628. The number of carbonyl (C=O) groups is 1.